The molecule has 0 aromatic rings. The van der Waals surface area contributed by atoms with Gasteiger partial charge in [-0.3, -0.25) is 14.5 Å². The number of carbonyl (C=O) groups is 2. The van der Waals surface area contributed by atoms with Crippen molar-refractivity contribution in [1.29, 1.82) is 0 Å². The van der Waals surface area contributed by atoms with Crippen LogP contribution in [0, 0.1) is 0 Å². The first-order chi connectivity index (χ1) is 6.79. The van der Waals surface area contributed by atoms with Crippen molar-refractivity contribution in [2.24, 2.45) is 0 Å². The van der Waals surface area contributed by atoms with Crippen molar-refractivity contribution in [2.75, 3.05) is 13.1 Å². The lowest BCUT2D eigenvalue weighted by molar-refractivity contribution is -0.141. The Balaban J connectivity index is 2.04. The zero-order valence-electron chi connectivity index (χ0n) is 8.29. The third-order valence-electron chi connectivity index (χ3n) is 3.00. The fourth-order valence-corrected chi connectivity index (χ4v) is 2.26. The minimum atomic E-state index is 0.0295. The summed E-state index contributed by atoms with van der Waals surface area (Å²) in [6, 6.07) is 0.160. The maximum atomic E-state index is 11.5. The molecule has 0 aliphatic carbocycles. The molecule has 0 saturated carbocycles. The Labute approximate surface area is 83.6 Å². The zero-order valence-corrected chi connectivity index (χ0v) is 8.29. The maximum Gasteiger partial charge on any atom is 0.229 e. The van der Waals surface area contributed by atoms with E-state index in [1.165, 1.54) is 4.90 Å². The van der Waals surface area contributed by atoms with Crippen LogP contribution in [0.1, 0.15) is 32.1 Å². The minimum Gasteiger partial charge on any atom is -0.317 e. The highest BCUT2D eigenvalue weighted by Crippen LogP contribution is 2.21. The molecule has 2 aliphatic heterocycles. The first-order valence-electron chi connectivity index (χ1n) is 5.34. The summed E-state index contributed by atoms with van der Waals surface area (Å²) < 4.78 is 0. The van der Waals surface area contributed by atoms with Gasteiger partial charge in [0.05, 0.1) is 0 Å². The molecule has 2 saturated heterocycles. The van der Waals surface area contributed by atoms with E-state index >= 15 is 0 Å². The molecule has 1 unspecified atom stereocenters. The van der Waals surface area contributed by atoms with Gasteiger partial charge in [0.2, 0.25) is 11.8 Å². The van der Waals surface area contributed by atoms with Crippen LogP contribution in [0.3, 0.4) is 0 Å². The van der Waals surface area contributed by atoms with Crippen molar-refractivity contribution in [3.8, 4) is 0 Å². The van der Waals surface area contributed by atoms with Gasteiger partial charge in [0.15, 0.2) is 0 Å². The van der Waals surface area contributed by atoms with Gasteiger partial charge >= 0.3 is 0 Å². The Bertz CT molecular complexity index is 229. The monoisotopic (exact) mass is 196 g/mol. The van der Waals surface area contributed by atoms with Crippen LogP contribution in [-0.4, -0.2) is 35.8 Å². The van der Waals surface area contributed by atoms with Gasteiger partial charge in [-0.05, 0) is 32.4 Å². The Morgan fingerprint density at radius 2 is 1.79 bits per heavy atom. The summed E-state index contributed by atoms with van der Waals surface area (Å²) in [5.74, 6) is 0.0591. The number of likely N-dealkylation sites (tertiary alicyclic amines) is 1. The molecule has 14 heavy (non-hydrogen) atoms. The van der Waals surface area contributed by atoms with Crippen LogP contribution >= 0.6 is 0 Å². The molecule has 0 spiro atoms. The van der Waals surface area contributed by atoms with Crippen molar-refractivity contribution >= 4 is 11.8 Å². The SMILES string of the molecule is O=C1CCC(=O)N1C1CCCNCC1. The Kier molecular flexibility index (Phi) is 2.82. The molecule has 2 rings (SSSR count). The molecule has 0 aromatic carbocycles. The fraction of sp³-hybridized carbons (Fsp3) is 0.800. The average Bonchev–Trinajstić information content (AvgIpc) is 2.45. The van der Waals surface area contributed by atoms with Gasteiger partial charge in [-0.15, -0.1) is 0 Å². The summed E-state index contributed by atoms with van der Waals surface area (Å²) in [6.45, 7) is 1.93. The van der Waals surface area contributed by atoms with Gasteiger partial charge in [0, 0.05) is 18.9 Å². The lowest BCUT2D eigenvalue weighted by Gasteiger charge is -2.24. The molecule has 0 bridgehead atoms. The number of hydrogen-bond acceptors (Lipinski definition) is 3. The van der Waals surface area contributed by atoms with Gasteiger partial charge in [-0.2, -0.15) is 0 Å². The topological polar surface area (TPSA) is 49.4 Å². The predicted molar refractivity (Wildman–Crippen MR) is 51.6 cm³/mol. The van der Waals surface area contributed by atoms with Crippen molar-refractivity contribution < 1.29 is 9.59 Å². The van der Waals surface area contributed by atoms with E-state index in [0.29, 0.717) is 12.8 Å². The van der Waals surface area contributed by atoms with Crippen LogP contribution < -0.4 is 5.32 Å². The molecule has 0 radical (unpaired) electrons. The number of amides is 2. The van der Waals surface area contributed by atoms with E-state index in [4.69, 9.17) is 0 Å². The molecule has 4 heteroatoms. The molecule has 2 aliphatic rings. The molecule has 2 heterocycles. The van der Waals surface area contributed by atoms with Crippen molar-refractivity contribution in [3.63, 3.8) is 0 Å². The quantitative estimate of drug-likeness (QED) is 0.613. The lowest BCUT2D eigenvalue weighted by Crippen LogP contribution is -2.39. The summed E-state index contributed by atoms with van der Waals surface area (Å²) in [7, 11) is 0. The number of nitrogens with zero attached hydrogens (tertiary/aromatic N) is 1. The summed E-state index contributed by atoms with van der Waals surface area (Å²) in [5, 5.41) is 3.28. The van der Waals surface area contributed by atoms with Crippen LogP contribution in [0.4, 0.5) is 0 Å². The number of hydrogen-bond donors (Lipinski definition) is 1. The van der Waals surface area contributed by atoms with E-state index < -0.39 is 0 Å². The highest BCUT2D eigenvalue weighted by molar-refractivity contribution is 6.02. The van der Waals surface area contributed by atoms with Crippen LogP contribution in [0.2, 0.25) is 0 Å². The third-order valence-corrected chi connectivity index (χ3v) is 3.00. The first-order valence-corrected chi connectivity index (χ1v) is 5.34. The van der Waals surface area contributed by atoms with E-state index in [0.717, 1.165) is 32.4 Å². The van der Waals surface area contributed by atoms with E-state index in [1.54, 1.807) is 0 Å². The average molecular weight is 196 g/mol. The van der Waals surface area contributed by atoms with E-state index in [9.17, 15) is 9.59 Å². The van der Waals surface area contributed by atoms with E-state index in [1.807, 2.05) is 0 Å². The number of carbonyl (C=O) groups excluding carboxylic acids is 2. The Hall–Kier alpha value is -0.900. The third kappa shape index (κ3) is 1.80. The summed E-state index contributed by atoms with van der Waals surface area (Å²) in [5.41, 5.74) is 0. The molecule has 1 atom stereocenters. The normalized spacial score (nSPS) is 29.4. The van der Waals surface area contributed by atoms with Gasteiger partial charge < -0.3 is 5.32 Å². The van der Waals surface area contributed by atoms with Crippen LogP contribution in [0.5, 0.6) is 0 Å². The van der Waals surface area contributed by atoms with Crippen molar-refractivity contribution in [3.05, 3.63) is 0 Å². The molecule has 1 N–H and O–H groups in total. The lowest BCUT2D eigenvalue weighted by atomic mass is 10.1. The highest BCUT2D eigenvalue weighted by Gasteiger charge is 2.34. The van der Waals surface area contributed by atoms with Crippen molar-refractivity contribution in [1.82, 2.24) is 10.2 Å². The summed E-state index contributed by atoms with van der Waals surface area (Å²) >= 11 is 0. The van der Waals surface area contributed by atoms with Crippen molar-refractivity contribution in [2.45, 2.75) is 38.1 Å². The smallest absolute Gasteiger partial charge is 0.229 e. The molecule has 2 amide bonds. The van der Waals surface area contributed by atoms with Gasteiger partial charge in [0.25, 0.3) is 0 Å². The summed E-state index contributed by atoms with van der Waals surface area (Å²) in [4.78, 5) is 24.5. The number of nitrogens with one attached hydrogen (secondary N) is 1. The first kappa shape index (κ1) is 9.65. The second kappa shape index (κ2) is 4.09. The van der Waals surface area contributed by atoms with Gasteiger partial charge in [0.1, 0.15) is 0 Å². The molecule has 4 nitrogen and oxygen atoms in total. The second-order valence-electron chi connectivity index (χ2n) is 3.99. The molecule has 78 valence electrons. The van der Waals surface area contributed by atoms with Crippen LogP contribution in [-0.2, 0) is 9.59 Å². The molecular weight excluding hydrogens is 180 g/mol. The maximum absolute atomic E-state index is 11.5. The van der Waals surface area contributed by atoms with E-state index in [2.05, 4.69) is 5.32 Å². The highest BCUT2D eigenvalue weighted by atomic mass is 16.2. The second-order valence-corrected chi connectivity index (χ2v) is 3.99. The number of imide groups is 1. The zero-order chi connectivity index (χ0) is 9.97. The van der Waals surface area contributed by atoms with E-state index in [-0.39, 0.29) is 17.9 Å². The van der Waals surface area contributed by atoms with Gasteiger partial charge in [-0.1, -0.05) is 0 Å². The Morgan fingerprint density at radius 1 is 1.07 bits per heavy atom. The molecular formula is C10H16N2O2. The van der Waals surface area contributed by atoms with Crippen LogP contribution in [0.15, 0.2) is 0 Å². The van der Waals surface area contributed by atoms with Gasteiger partial charge in [-0.25, -0.2) is 0 Å². The standard InChI is InChI=1S/C10H16N2O2/c13-9-3-4-10(14)12(9)8-2-1-6-11-7-5-8/h8,11H,1-7H2. The largest absolute Gasteiger partial charge is 0.317 e. The minimum absolute atomic E-state index is 0.0295. The summed E-state index contributed by atoms with van der Waals surface area (Å²) in [6.07, 6.45) is 3.77. The predicted octanol–water partition coefficient (Wildman–Crippen LogP) is 0.278. The molecule has 0 aromatic heterocycles. The molecule has 2 fully saturated rings. The van der Waals surface area contributed by atoms with Crippen LogP contribution in [0.25, 0.3) is 0 Å². The fourth-order valence-electron chi connectivity index (χ4n) is 2.26. The Morgan fingerprint density at radius 3 is 2.50 bits per heavy atom. The number of rotatable bonds is 1.